The van der Waals surface area contributed by atoms with Gasteiger partial charge in [-0.25, -0.2) is 4.79 Å². The maximum Gasteiger partial charge on any atom is 0.471 e. The third-order valence-corrected chi connectivity index (χ3v) is 3.78. The number of hydrogen-bond acceptors (Lipinski definition) is 3. The quantitative estimate of drug-likeness (QED) is 0.730. The zero-order valence-electron chi connectivity index (χ0n) is 9.24. The van der Waals surface area contributed by atoms with Crippen LogP contribution in [-0.2, 0) is 17.9 Å². The Hall–Kier alpha value is -1.33. The summed E-state index contributed by atoms with van der Waals surface area (Å²) < 4.78 is 38.6. The molecule has 1 aromatic heterocycles. The molecule has 0 spiro atoms. The van der Waals surface area contributed by atoms with Gasteiger partial charge in [-0.3, -0.25) is 9.48 Å². The molecule has 0 aliphatic carbocycles. The number of carbonyl (C=O) groups excluding carboxylic acids is 1. The van der Waals surface area contributed by atoms with Crippen molar-refractivity contribution in [1.82, 2.24) is 14.7 Å². The molecule has 1 N–H and O–H groups in total. The Bertz CT molecular complexity index is 555. The van der Waals surface area contributed by atoms with Crippen LogP contribution in [0.15, 0.2) is 0 Å². The molecule has 0 aromatic carbocycles. The van der Waals surface area contributed by atoms with Gasteiger partial charge in [0.1, 0.15) is 0 Å². The van der Waals surface area contributed by atoms with Crippen molar-refractivity contribution in [3.8, 4) is 0 Å². The van der Waals surface area contributed by atoms with Gasteiger partial charge in [0.2, 0.25) is 0 Å². The van der Waals surface area contributed by atoms with Gasteiger partial charge >= 0.3 is 18.1 Å². The molecule has 0 unspecified atom stereocenters. The van der Waals surface area contributed by atoms with Crippen molar-refractivity contribution in [2.75, 3.05) is 6.54 Å². The summed E-state index contributed by atoms with van der Waals surface area (Å²) in [5.74, 6) is -3.17. The molecule has 0 saturated heterocycles. The van der Waals surface area contributed by atoms with Crippen molar-refractivity contribution in [3.63, 3.8) is 0 Å². The minimum Gasteiger partial charge on any atom is -0.476 e. The molecule has 104 valence electrons. The monoisotopic (exact) mass is 389 g/mol. The van der Waals surface area contributed by atoms with Gasteiger partial charge in [-0.15, -0.1) is 0 Å². The number of aromatic carboxylic acids is 1. The summed E-state index contributed by atoms with van der Waals surface area (Å²) in [5.41, 5.74) is 0.0961. The van der Waals surface area contributed by atoms with Gasteiger partial charge in [0.25, 0.3) is 0 Å². The first kappa shape index (κ1) is 14.1. The summed E-state index contributed by atoms with van der Waals surface area (Å²) in [4.78, 5) is 22.7. The molecule has 1 amide bonds. The number of amides is 1. The first-order valence-electron chi connectivity index (χ1n) is 5.06. The van der Waals surface area contributed by atoms with Crippen molar-refractivity contribution in [2.24, 2.45) is 0 Å². The fraction of sp³-hybridized carbons (Fsp3) is 0.444. The van der Waals surface area contributed by atoms with Crippen LogP contribution in [-0.4, -0.2) is 44.4 Å². The average molecular weight is 389 g/mol. The summed E-state index contributed by atoms with van der Waals surface area (Å²) in [6, 6.07) is 0. The molecule has 0 saturated carbocycles. The number of carbonyl (C=O) groups is 2. The van der Waals surface area contributed by atoms with Crippen molar-refractivity contribution in [2.45, 2.75) is 19.3 Å². The second-order valence-electron chi connectivity index (χ2n) is 3.86. The molecule has 1 aliphatic heterocycles. The lowest BCUT2D eigenvalue weighted by molar-refractivity contribution is -0.187. The molecule has 1 aliphatic rings. The van der Waals surface area contributed by atoms with Crippen LogP contribution in [0.4, 0.5) is 13.2 Å². The van der Waals surface area contributed by atoms with Crippen molar-refractivity contribution in [1.29, 1.82) is 0 Å². The fourth-order valence-corrected chi connectivity index (χ4v) is 2.56. The molecule has 10 heteroatoms. The van der Waals surface area contributed by atoms with Crippen LogP contribution in [0.2, 0.25) is 0 Å². The number of carboxylic acids is 1. The largest absolute Gasteiger partial charge is 0.476 e. The minimum absolute atomic E-state index is 0.0421. The molecule has 0 atom stereocenters. The molecule has 6 nitrogen and oxygen atoms in total. The number of aromatic nitrogens is 2. The Morgan fingerprint density at radius 2 is 1.95 bits per heavy atom. The van der Waals surface area contributed by atoms with Crippen LogP contribution >= 0.6 is 22.6 Å². The van der Waals surface area contributed by atoms with Gasteiger partial charge in [0.15, 0.2) is 5.69 Å². The molecule has 1 aromatic rings. The number of fused-ring (bicyclic) bond motifs is 1. The lowest BCUT2D eigenvalue weighted by atomic mass is 10.2. The highest BCUT2D eigenvalue weighted by atomic mass is 127. The average Bonchev–Trinajstić information content (AvgIpc) is 2.64. The van der Waals surface area contributed by atoms with E-state index in [4.69, 9.17) is 5.11 Å². The summed E-state index contributed by atoms with van der Waals surface area (Å²) in [6.45, 7) is -0.403. The van der Waals surface area contributed by atoms with E-state index in [1.165, 1.54) is 4.68 Å². The minimum atomic E-state index is -4.93. The Morgan fingerprint density at radius 1 is 1.32 bits per heavy atom. The summed E-state index contributed by atoms with van der Waals surface area (Å²) in [6.07, 6.45) is -4.93. The Balaban J connectivity index is 2.30. The number of halogens is 4. The summed E-state index contributed by atoms with van der Waals surface area (Å²) >= 11 is 1.71. The Labute approximate surface area is 118 Å². The molecule has 2 heterocycles. The van der Waals surface area contributed by atoms with E-state index in [-0.39, 0.29) is 28.9 Å². The first-order chi connectivity index (χ1) is 8.71. The fourth-order valence-electron chi connectivity index (χ4n) is 1.78. The maximum atomic E-state index is 12.3. The van der Waals surface area contributed by atoms with Gasteiger partial charge in [0, 0.05) is 6.54 Å². The van der Waals surface area contributed by atoms with E-state index < -0.39 is 18.1 Å². The lowest BCUT2D eigenvalue weighted by Crippen LogP contribution is -2.45. The van der Waals surface area contributed by atoms with E-state index in [1.807, 2.05) is 0 Å². The van der Waals surface area contributed by atoms with E-state index >= 15 is 0 Å². The van der Waals surface area contributed by atoms with E-state index in [2.05, 4.69) is 5.10 Å². The highest BCUT2D eigenvalue weighted by Gasteiger charge is 2.43. The molecular formula is C9H7F3IN3O3. The highest BCUT2D eigenvalue weighted by Crippen LogP contribution is 2.25. The zero-order valence-corrected chi connectivity index (χ0v) is 11.4. The van der Waals surface area contributed by atoms with E-state index in [0.29, 0.717) is 10.6 Å². The third-order valence-electron chi connectivity index (χ3n) is 2.65. The normalized spacial score (nSPS) is 15.3. The highest BCUT2D eigenvalue weighted by molar-refractivity contribution is 14.1. The number of carboxylic acid groups (broad SMARTS) is 1. The molecule has 0 radical (unpaired) electrons. The number of rotatable bonds is 1. The van der Waals surface area contributed by atoms with Gasteiger partial charge in [-0.2, -0.15) is 18.3 Å². The van der Waals surface area contributed by atoms with Gasteiger partial charge in [-0.05, 0) is 22.6 Å². The number of nitrogens with zero attached hydrogens (tertiary/aromatic N) is 3. The van der Waals surface area contributed by atoms with E-state index in [1.54, 1.807) is 22.6 Å². The van der Waals surface area contributed by atoms with Crippen molar-refractivity contribution >= 4 is 34.5 Å². The molecule has 0 bridgehead atoms. The van der Waals surface area contributed by atoms with Crippen LogP contribution in [0, 0.1) is 3.57 Å². The first-order valence-corrected chi connectivity index (χ1v) is 6.14. The number of alkyl halides is 3. The topological polar surface area (TPSA) is 75.4 Å². The standard InChI is InChI=1S/C9H7F3IN3O3/c10-9(11,12)8(19)15-1-2-16-4(3-15)5(13)6(14-16)7(17)18/h1-3H2,(H,17,18). The van der Waals surface area contributed by atoms with E-state index in [0.717, 1.165) is 0 Å². The van der Waals surface area contributed by atoms with Crippen molar-refractivity contribution < 1.29 is 27.9 Å². The van der Waals surface area contributed by atoms with Gasteiger partial charge < -0.3 is 10.0 Å². The molecule has 0 fully saturated rings. The predicted octanol–water partition coefficient (Wildman–Crippen LogP) is 1.09. The maximum absolute atomic E-state index is 12.3. The summed E-state index contributed by atoms with van der Waals surface area (Å²) in [7, 11) is 0. The Kier molecular flexibility index (Phi) is 3.45. The summed E-state index contributed by atoms with van der Waals surface area (Å²) in [5, 5.41) is 12.7. The number of hydrogen-bond donors (Lipinski definition) is 1. The van der Waals surface area contributed by atoms with E-state index in [9.17, 15) is 22.8 Å². The van der Waals surface area contributed by atoms with Crippen LogP contribution in [0.1, 0.15) is 16.2 Å². The van der Waals surface area contributed by atoms with Crippen molar-refractivity contribution in [3.05, 3.63) is 15.0 Å². The molecule has 2 rings (SSSR count). The van der Waals surface area contributed by atoms with Crippen LogP contribution in [0.3, 0.4) is 0 Å². The molecular weight excluding hydrogens is 382 g/mol. The van der Waals surface area contributed by atoms with Crippen LogP contribution in [0.5, 0.6) is 0 Å². The molecule has 19 heavy (non-hydrogen) atoms. The second kappa shape index (κ2) is 4.65. The zero-order chi connectivity index (χ0) is 14.4. The second-order valence-corrected chi connectivity index (χ2v) is 4.94. The van der Waals surface area contributed by atoms with Crippen LogP contribution in [0.25, 0.3) is 0 Å². The smallest absolute Gasteiger partial charge is 0.471 e. The SMILES string of the molecule is O=C(O)c1nn2c(c1I)CN(C(=O)C(F)(F)F)CC2. The van der Waals surface area contributed by atoms with Gasteiger partial charge in [-0.1, -0.05) is 0 Å². The lowest BCUT2D eigenvalue weighted by Gasteiger charge is -2.28. The third kappa shape index (κ3) is 2.53. The Morgan fingerprint density at radius 3 is 2.47 bits per heavy atom. The van der Waals surface area contributed by atoms with Gasteiger partial charge in [0.05, 0.1) is 22.4 Å². The van der Waals surface area contributed by atoms with Crippen LogP contribution < -0.4 is 0 Å². The predicted molar refractivity (Wildman–Crippen MR) is 63.4 cm³/mol.